The number of likely N-dealkylation sites (N-methyl/N-ethyl adjacent to an activating group) is 1. The molecule has 2 N–H and O–H groups in total. The van der Waals surface area contributed by atoms with E-state index in [1.807, 2.05) is 27.2 Å². The Balaban J connectivity index is 4.50. The Morgan fingerprint density at radius 2 is 1.10 bits per heavy atom. The summed E-state index contributed by atoms with van der Waals surface area (Å²) in [5, 5.41) is 13.7. The maximum Gasteiger partial charge on any atom is 0.268 e. The molecule has 0 fully saturated rings. The van der Waals surface area contributed by atoms with Crippen molar-refractivity contribution in [1.29, 1.82) is 0 Å². The third-order valence-corrected chi connectivity index (χ3v) is 10.1. The number of carbonyl (C=O) groups excluding carboxylic acids is 1. The topological polar surface area (TPSA) is 108 Å². The fourth-order valence-corrected chi connectivity index (χ4v) is 6.52. The van der Waals surface area contributed by atoms with Crippen molar-refractivity contribution >= 4 is 13.7 Å². The van der Waals surface area contributed by atoms with Gasteiger partial charge in [-0.1, -0.05) is 154 Å². The van der Waals surface area contributed by atoms with Gasteiger partial charge in [0.05, 0.1) is 39.9 Å². The van der Waals surface area contributed by atoms with E-state index in [1.165, 1.54) is 109 Å². The largest absolute Gasteiger partial charge is 0.756 e. The van der Waals surface area contributed by atoms with Gasteiger partial charge in [0.1, 0.15) is 13.2 Å². The number of hydrogen-bond acceptors (Lipinski definition) is 6. The SMILES string of the molecule is CCCCCCCC/C=C/CCCCCCCC(=O)N[C@@H](COP(=O)([O-])OCC[N+](C)(C)C)[C@H](O)/C=C/CCCCCCCCCCCCC. The standard InChI is InChI=1S/C41H81N2O6P/c1-6-8-10-12-14-16-18-20-21-23-25-27-29-31-33-35-41(45)42-39(38-49-50(46,47)48-37-36-43(3,4)5)40(44)34-32-30-28-26-24-22-19-17-15-13-11-9-7-2/h20-21,32,34,39-40,44H,6-19,22-31,33,35-38H2,1-5H3,(H-,42,45,46,47)/b21-20+,34-32+/t39-,40+/m0/s1. The number of phosphoric acid groups is 1. The number of carbonyl (C=O) groups is 1. The first-order valence-corrected chi connectivity index (χ1v) is 22.2. The number of unbranched alkanes of at least 4 members (excludes halogenated alkanes) is 22. The van der Waals surface area contributed by atoms with Gasteiger partial charge >= 0.3 is 0 Å². The van der Waals surface area contributed by atoms with E-state index < -0.39 is 20.0 Å². The van der Waals surface area contributed by atoms with Crippen LogP contribution in [0.4, 0.5) is 0 Å². The van der Waals surface area contributed by atoms with E-state index >= 15 is 0 Å². The third kappa shape index (κ3) is 35.4. The number of aliphatic hydroxyl groups is 1. The lowest BCUT2D eigenvalue weighted by molar-refractivity contribution is -0.870. The number of aliphatic hydroxyl groups excluding tert-OH is 1. The second kappa shape index (κ2) is 33.8. The Kier molecular flexibility index (Phi) is 33.1. The summed E-state index contributed by atoms with van der Waals surface area (Å²) in [6.07, 6.45) is 37.8. The number of hydrogen-bond donors (Lipinski definition) is 2. The maximum absolute atomic E-state index is 12.8. The Morgan fingerprint density at radius 1 is 0.680 bits per heavy atom. The molecule has 3 atom stereocenters. The molecule has 0 spiro atoms. The van der Waals surface area contributed by atoms with Crippen LogP contribution in [0.25, 0.3) is 0 Å². The number of nitrogens with zero attached hydrogens (tertiary/aromatic N) is 1. The highest BCUT2D eigenvalue weighted by atomic mass is 31.2. The van der Waals surface area contributed by atoms with Gasteiger partial charge in [-0.25, -0.2) is 0 Å². The molecule has 0 aliphatic rings. The molecule has 9 heteroatoms. The van der Waals surface area contributed by atoms with Crippen LogP contribution in [0.15, 0.2) is 24.3 Å². The van der Waals surface area contributed by atoms with Gasteiger partial charge in [-0.3, -0.25) is 9.36 Å². The zero-order valence-corrected chi connectivity index (χ0v) is 34.2. The zero-order valence-electron chi connectivity index (χ0n) is 33.4. The maximum atomic E-state index is 12.8. The minimum atomic E-state index is -4.58. The van der Waals surface area contributed by atoms with Gasteiger partial charge in [0.2, 0.25) is 5.91 Å². The average molecular weight is 729 g/mol. The van der Waals surface area contributed by atoms with Crippen LogP contribution in [0.3, 0.4) is 0 Å². The van der Waals surface area contributed by atoms with Crippen molar-refractivity contribution in [2.24, 2.45) is 0 Å². The minimum Gasteiger partial charge on any atom is -0.756 e. The molecule has 8 nitrogen and oxygen atoms in total. The molecule has 0 saturated heterocycles. The Bertz CT molecular complexity index is 876. The van der Waals surface area contributed by atoms with Crippen LogP contribution in [0.1, 0.15) is 181 Å². The molecule has 1 amide bonds. The summed E-state index contributed by atoms with van der Waals surface area (Å²) >= 11 is 0. The van der Waals surface area contributed by atoms with Crippen molar-refractivity contribution in [2.75, 3.05) is 40.9 Å². The summed E-state index contributed by atoms with van der Waals surface area (Å²) in [7, 11) is 1.25. The van der Waals surface area contributed by atoms with Crippen LogP contribution in [0, 0.1) is 0 Å². The predicted molar refractivity (Wildman–Crippen MR) is 210 cm³/mol. The van der Waals surface area contributed by atoms with Crippen LogP contribution in [0.2, 0.25) is 0 Å². The molecule has 1 unspecified atom stereocenters. The van der Waals surface area contributed by atoms with Crippen molar-refractivity contribution < 1.29 is 32.9 Å². The highest BCUT2D eigenvalue weighted by molar-refractivity contribution is 7.45. The molecule has 0 aromatic rings. The third-order valence-electron chi connectivity index (χ3n) is 9.16. The molecular formula is C41H81N2O6P. The molecule has 0 radical (unpaired) electrons. The van der Waals surface area contributed by atoms with Crippen molar-refractivity contribution in [3.8, 4) is 0 Å². The first-order chi connectivity index (χ1) is 24.0. The Labute approximate surface area is 309 Å². The van der Waals surface area contributed by atoms with Gasteiger partial charge in [0.25, 0.3) is 7.82 Å². The number of amides is 1. The fraction of sp³-hybridized carbons (Fsp3) is 0.878. The summed E-state index contributed by atoms with van der Waals surface area (Å²) in [5.74, 6) is -0.208. The zero-order chi connectivity index (χ0) is 37.2. The lowest BCUT2D eigenvalue weighted by Gasteiger charge is -2.29. The molecule has 0 bridgehead atoms. The lowest BCUT2D eigenvalue weighted by atomic mass is 10.0. The van der Waals surface area contributed by atoms with Crippen LogP contribution in [-0.4, -0.2) is 68.5 Å². The quantitative estimate of drug-likeness (QED) is 0.0285. The second-order valence-electron chi connectivity index (χ2n) is 15.3. The van der Waals surface area contributed by atoms with E-state index in [9.17, 15) is 19.4 Å². The van der Waals surface area contributed by atoms with E-state index in [4.69, 9.17) is 9.05 Å². The Hall–Kier alpha value is -1.02. The van der Waals surface area contributed by atoms with Crippen LogP contribution < -0.4 is 10.2 Å². The molecule has 0 saturated carbocycles. The van der Waals surface area contributed by atoms with E-state index in [-0.39, 0.29) is 19.1 Å². The smallest absolute Gasteiger partial charge is 0.268 e. The molecule has 0 aliphatic carbocycles. The predicted octanol–water partition coefficient (Wildman–Crippen LogP) is 10.3. The van der Waals surface area contributed by atoms with E-state index in [2.05, 4.69) is 31.3 Å². The van der Waals surface area contributed by atoms with Crippen molar-refractivity contribution in [2.45, 2.75) is 193 Å². The van der Waals surface area contributed by atoms with Gasteiger partial charge in [-0.2, -0.15) is 0 Å². The van der Waals surface area contributed by atoms with Gasteiger partial charge in [0, 0.05) is 6.42 Å². The van der Waals surface area contributed by atoms with E-state index in [0.29, 0.717) is 17.4 Å². The van der Waals surface area contributed by atoms with Crippen LogP contribution in [0.5, 0.6) is 0 Å². The van der Waals surface area contributed by atoms with Gasteiger partial charge < -0.3 is 28.8 Å². The molecule has 0 aliphatic heterocycles. The highest BCUT2D eigenvalue weighted by Gasteiger charge is 2.23. The summed E-state index contributed by atoms with van der Waals surface area (Å²) in [6, 6.07) is -0.886. The van der Waals surface area contributed by atoms with Gasteiger partial charge in [-0.15, -0.1) is 0 Å². The molecule has 0 heterocycles. The van der Waals surface area contributed by atoms with Crippen molar-refractivity contribution in [3.63, 3.8) is 0 Å². The summed E-state index contributed by atoms with van der Waals surface area (Å²) in [6.45, 7) is 4.62. The number of quaternary nitrogens is 1. The fourth-order valence-electron chi connectivity index (χ4n) is 5.79. The first kappa shape index (κ1) is 49.0. The van der Waals surface area contributed by atoms with Crippen LogP contribution in [-0.2, 0) is 18.4 Å². The van der Waals surface area contributed by atoms with Crippen molar-refractivity contribution in [1.82, 2.24) is 5.32 Å². The minimum absolute atomic E-state index is 0.00179. The van der Waals surface area contributed by atoms with E-state index in [1.54, 1.807) is 6.08 Å². The molecular weight excluding hydrogens is 647 g/mol. The number of rotatable bonds is 37. The highest BCUT2D eigenvalue weighted by Crippen LogP contribution is 2.38. The Morgan fingerprint density at radius 3 is 1.56 bits per heavy atom. The molecule has 0 aromatic heterocycles. The number of allylic oxidation sites excluding steroid dienone is 3. The monoisotopic (exact) mass is 729 g/mol. The normalized spacial score (nSPS) is 14.8. The molecule has 296 valence electrons. The second-order valence-corrected chi connectivity index (χ2v) is 16.8. The first-order valence-electron chi connectivity index (χ1n) is 20.7. The van der Waals surface area contributed by atoms with Crippen molar-refractivity contribution in [3.05, 3.63) is 24.3 Å². The number of phosphoric ester groups is 1. The molecule has 0 aromatic carbocycles. The summed E-state index contributed by atoms with van der Waals surface area (Å²) in [5.41, 5.74) is 0. The van der Waals surface area contributed by atoms with Crippen LogP contribution >= 0.6 is 7.82 Å². The lowest BCUT2D eigenvalue weighted by Crippen LogP contribution is -2.45. The summed E-state index contributed by atoms with van der Waals surface area (Å²) in [4.78, 5) is 25.2. The van der Waals surface area contributed by atoms with Gasteiger partial charge in [-0.05, 0) is 44.9 Å². The van der Waals surface area contributed by atoms with Gasteiger partial charge in [0.15, 0.2) is 0 Å². The average Bonchev–Trinajstić information content (AvgIpc) is 3.06. The number of nitrogens with one attached hydrogen (secondary N) is 1. The molecule has 0 rings (SSSR count). The molecule has 50 heavy (non-hydrogen) atoms. The van der Waals surface area contributed by atoms with E-state index in [0.717, 1.165) is 51.4 Å². The summed E-state index contributed by atoms with van der Waals surface area (Å²) < 4.78 is 23.1.